The summed E-state index contributed by atoms with van der Waals surface area (Å²) >= 11 is 0. The molecule has 0 radical (unpaired) electrons. The van der Waals surface area contributed by atoms with Crippen LogP contribution in [0.4, 0.5) is 0 Å². The summed E-state index contributed by atoms with van der Waals surface area (Å²) < 4.78 is 0. The number of carbonyl (C=O) groups is 1. The van der Waals surface area contributed by atoms with E-state index in [-0.39, 0.29) is 17.9 Å². The standard InChI is InChI=1S/C18H28N4O2/c23-17(20-11-4-3-10-19-13-6-5-7-13)12-16-14-8-1-2-9-15(14)18(24)22-21-16/h13,19H,1-12H2,(H,20,23)(H,22,24). The zero-order chi connectivity index (χ0) is 16.8. The van der Waals surface area contributed by atoms with E-state index in [1.54, 1.807) is 0 Å². The molecule has 0 unspecified atom stereocenters. The first kappa shape index (κ1) is 17.1. The molecule has 0 atom stereocenters. The second-order valence-electron chi connectivity index (χ2n) is 6.98. The fraction of sp³-hybridized carbons (Fsp3) is 0.722. The zero-order valence-electron chi connectivity index (χ0n) is 14.3. The van der Waals surface area contributed by atoms with Gasteiger partial charge in [-0.1, -0.05) is 6.42 Å². The molecule has 1 fully saturated rings. The number of nitrogens with one attached hydrogen (secondary N) is 3. The molecule has 6 heteroatoms. The smallest absolute Gasteiger partial charge is 0.267 e. The van der Waals surface area contributed by atoms with Crippen LogP contribution in [0.1, 0.15) is 61.8 Å². The van der Waals surface area contributed by atoms with E-state index in [9.17, 15) is 9.59 Å². The first-order valence-corrected chi connectivity index (χ1v) is 9.33. The Balaban J connectivity index is 1.39. The predicted molar refractivity (Wildman–Crippen MR) is 93.1 cm³/mol. The molecule has 2 aliphatic rings. The Kier molecular flexibility index (Phi) is 6.01. The van der Waals surface area contributed by atoms with Gasteiger partial charge in [0.2, 0.25) is 5.91 Å². The summed E-state index contributed by atoms with van der Waals surface area (Å²) in [6.45, 7) is 1.74. The lowest BCUT2D eigenvalue weighted by Crippen LogP contribution is -2.36. The van der Waals surface area contributed by atoms with Crippen LogP contribution in [-0.2, 0) is 24.1 Å². The van der Waals surface area contributed by atoms with Gasteiger partial charge < -0.3 is 10.6 Å². The summed E-state index contributed by atoms with van der Waals surface area (Å²) in [5.41, 5.74) is 2.49. The van der Waals surface area contributed by atoms with Crippen molar-refractivity contribution in [3.05, 3.63) is 27.2 Å². The highest BCUT2D eigenvalue weighted by atomic mass is 16.1. The van der Waals surface area contributed by atoms with Crippen LogP contribution < -0.4 is 16.2 Å². The van der Waals surface area contributed by atoms with Gasteiger partial charge in [0.15, 0.2) is 0 Å². The maximum Gasteiger partial charge on any atom is 0.267 e. The van der Waals surface area contributed by atoms with Crippen molar-refractivity contribution in [2.45, 2.75) is 70.3 Å². The summed E-state index contributed by atoms with van der Waals surface area (Å²) in [6, 6.07) is 0.733. The first-order chi connectivity index (χ1) is 11.7. The zero-order valence-corrected chi connectivity index (χ0v) is 14.3. The topological polar surface area (TPSA) is 86.9 Å². The van der Waals surface area contributed by atoms with Gasteiger partial charge in [-0.25, -0.2) is 5.10 Å². The molecule has 0 aliphatic heterocycles. The Morgan fingerprint density at radius 2 is 1.83 bits per heavy atom. The summed E-state index contributed by atoms with van der Waals surface area (Å²) in [5, 5.41) is 13.2. The number of rotatable bonds is 8. The lowest BCUT2D eigenvalue weighted by atomic mass is 9.91. The highest BCUT2D eigenvalue weighted by Crippen LogP contribution is 2.20. The van der Waals surface area contributed by atoms with E-state index in [1.807, 2.05) is 0 Å². The summed E-state index contributed by atoms with van der Waals surface area (Å²) in [5.74, 6) is -0.00530. The van der Waals surface area contributed by atoms with Gasteiger partial charge in [0.05, 0.1) is 12.1 Å². The van der Waals surface area contributed by atoms with Crippen LogP contribution in [0.5, 0.6) is 0 Å². The average molecular weight is 332 g/mol. The fourth-order valence-electron chi connectivity index (χ4n) is 3.48. The minimum atomic E-state index is -0.0900. The number of aromatic amines is 1. The molecule has 1 aromatic heterocycles. The van der Waals surface area contributed by atoms with Gasteiger partial charge in [0, 0.05) is 18.2 Å². The van der Waals surface area contributed by atoms with Gasteiger partial charge in [0.25, 0.3) is 5.56 Å². The van der Waals surface area contributed by atoms with Crippen molar-refractivity contribution in [2.24, 2.45) is 0 Å². The van der Waals surface area contributed by atoms with E-state index in [4.69, 9.17) is 0 Å². The van der Waals surface area contributed by atoms with Gasteiger partial charge in [-0.3, -0.25) is 9.59 Å². The molecule has 3 N–H and O–H groups in total. The molecule has 1 aromatic rings. The molecule has 1 heterocycles. The molecular formula is C18H28N4O2. The number of hydrogen-bond acceptors (Lipinski definition) is 4. The lowest BCUT2D eigenvalue weighted by molar-refractivity contribution is -0.120. The first-order valence-electron chi connectivity index (χ1n) is 9.33. The normalized spacial score (nSPS) is 17.2. The molecule has 0 spiro atoms. The minimum absolute atomic E-state index is 0.00530. The SMILES string of the molecule is O=C(Cc1n[nH]c(=O)c2c1CCCC2)NCCCCNC1CCC1. The molecule has 0 saturated heterocycles. The van der Waals surface area contributed by atoms with Crippen molar-refractivity contribution in [2.75, 3.05) is 13.1 Å². The highest BCUT2D eigenvalue weighted by Gasteiger charge is 2.19. The van der Waals surface area contributed by atoms with Crippen LogP contribution in [0, 0.1) is 0 Å². The minimum Gasteiger partial charge on any atom is -0.356 e. The third kappa shape index (κ3) is 4.44. The molecule has 0 bridgehead atoms. The average Bonchev–Trinajstić information content (AvgIpc) is 2.55. The predicted octanol–water partition coefficient (Wildman–Crippen LogP) is 1.23. The van der Waals surface area contributed by atoms with E-state index in [2.05, 4.69) is 20.8 Å². The summed E-state index contributed by atoms with van der Waals surface area (Å²) in [6.07, 6.45) is 10.1. The van der Waals surface area contributed by atoms with E-state index in [0.717, 1.165) is 67.9 Å². The van der Waals surface area contributed by atoms with Crippen molar-refractivity contribution in [1.29, 1.82) is 0 Å². The molecule has 132 valence electrons. The lowest BCUT2D eigenvalue weighted by Gasteiger charge is -2.26. The van der Waals surface area contributed by atoms with Gasteiger partial charge >= 0.3 is 0 Å². The number of amides is 1. The molecular weight excluding hydrogens is 304 g/mol. The maximum absolute atomic E-state index is 12.1. The van der Waals surface area contributed by atoms with Crippen LogP contribution in [0.2, 0.25) is 0 Å². The molecule has 1 amide bonds. The number of aromatic nitrogens is 2. The number of carbonyl (C=O) groups excluding carboxylic acids is 1. The van der Waals surface area contributed by atoms with E-state index in [1.165, 1.54) is 19.3 Å². The van der Waals surface area contributed by atoms with Gasteiger partial charge in [0.1, 0.15) is 0 Å². The third-order valence-electron chi connectivity index (χ3n) is 5.17. The number of H-pyrrole nitrogens is 1. The van der Waals surface area contributed by atoms with E-state index in [0.29, 0.717) is 6.54 Å². The molecule has 1 saturated carbocycles. The summed E-state index contributed by atoms with van der Waals surface area (Å²) in [7, 11) is 0. The molecule has 6 nitrogen and oxygen atoms in total. The second-order valence-corrected chi connectivity index (χ2v) is 6.98. The Bertz CT molecular complexity index is 622. The van der Waals surface area contributed by atoms with Crippen molar-refractivity contribution in [3.63, 3.8) is 0 Å². The molecule has 3 rings (SSSR count). The van der Waals surface area contributed by atoms with Gasteiger partial charge in [-0.05, 0) is 63.5 Å². The van der Waals surface area contributed by atoms with Crippen molar-refractivity contribution in [1.82, 2.24) is 20.8 Å². The number of fused-ring (bicyclic) bond motifs is 1. The van der Waals surface area contributed by atoms with Crippen LogP contribution >= 0.6 is 0 Å². The van der Waals surface area contributed by atoms with E-state index < -0.39 is 0 Å². The third-order valence-corrected chi connectivity index (χ3v) is 5.17. The number of nitrogens with zero attached hydrogens (tertiary/aromatic N) is 1. The van der Waals surface area contributed by atoms with Crippen LogP contribution in [0.3, 0.4) is 0 Å². The van der Waals surface area contributed by atoms with Crippen molar-refractivity contribution >= 4 is 5.91 Å². The maximum atomic E-state index is 12.1. The van der Waals surface area contributed by atoms with E-state index >= 15 is 0 Å². The van der Waals surface area contributed by atoms with Crippen molar-refractivity contribution in [3.8, 4) is 0 Å². The van der Waals surface area contributed by atoms with Crippen molar-refractivity contribution < 1.29 is 4.79 Å². The number of hydrogen-bond donors (Lipinski definition) is 3. The Hall–Kier alpha value is -1.69. The monoisotopic (exact) mass is 332 g/mol. The van der Waals surface area contributed by atoms with Crippen LogP contribution in [0.25, 0.3) is 0 Å². The van der Waals surface area contributed by atoms with Crippen LogP contribution in [0.15, 0.2) is 4.79 Å². The molecule has 2 aliphatic carbocycles. The van der Waals surface area contributed by atoms with Gasteiger partial charge in [-0.2, -0.15) is 5.10 Å². The molecule has 24 heavy (non-hydrogen) atoms. The quantitative estimate of drug-likeness (QED) is 0.625. The van der Waals surface area contributed by atoms with Gasteiger partial charge in [-0.15, -0.1) is 0 Å². The molecule has 0 aromatic carbocycles. The largest absolute Gasteiger partial charge is 0.356 e. The fourth-order valence-corrected chi connectivity index (χ4v) is 3.48. The Labute approximate surface area is 142 Å². The van der Waals surface area contributed by atoms with Crippen LogP contribution in [-0.4, -0.2) is 35.2 Å². The second kappa shape index (κ2) is 8.42. The number of unbranched alkanes of at least 4 members (excludes halogenated alkanes) is 1. The Morgan fingerprint density at radius 3 is 2.58 bits per heavy atom. The highest BCUT2D eigenvalue weighted by molar-refractivity contribution is 5.78. The summed E-state index contributed by atoms with van der Waals surface area (Å²) in [4.78, 5) is 23.9. The Morgan fingerprint density at radius 1 is 1.08 bits per heavy atom.